The molecule has 80 valence electrons. The van der Waals surface area contributed by atoms with Crippen LogP contribution in [0.4, 0.5) is 0 Å². The molecule has 0 aliphatic carbocycles. The first-order valence-corrected chi connectivity index (χ1v) is 6.07. The van der Waals surface area contributed by atoms with Crippen LogP contribution in [0, 0.1) is 10.5 Å². The summed E-state index contributed by atoms with van der Waals surface area (Å²) in [5.74, 6) is 3.20. The van der Waals surface area contributed by atoms with Crippen molar-refractivity contribution in [1.29, 1.82) is 0 Å². The number of benzene rings is 2. The average Bonchev–Trinajstić information content (AvgIpc) is 2.32. The standard InChI is InChI=1S/C13H9IO2/c1-8-6-7-9(14)13-12(8)15-10-4-2-3-5-11(10)16-13/h2-7H,1H3. The second-order valence-corrected chi connectivity index (χ2v) is 4.84. The van der Waals surface area contributed by atoms with Crippen LogP contribution in [0.3, 0.4) is 0 Å². The minimum atomic E-state index is 0.776. The Labute approximate surface area is 107 Å². The zero-order valence-electron chi connectivity index (χ0n) is 8.66. The van der Waals surface area contributed by atoms with Crippen LogP contribution in [0.2, 0.25) is 0 Å². The number of hydrogen-bond acceptors (Lipinski definition) is 2. The molecule has 2 aromatic carbocycles. The van der Waals surface area contributed by atoms with Crippen molar-refractivity contribution in [3.8, 4) is 23.0 Å². The summed E-state index contributed by atoms with van der Waals surface area (Å²) in [4.78, 5) is 0. The van der Waals surface area contributed by atoms with Gasteiger partial charge in [0.2, 0.25) is 0 Å². The maximum Gasteiger partial charge on any atom is 0.183 e. The number of para-hydroxylation sites is 2. The Kier molecular flexibility index (Phi) is 2.28. The van der Waals surface area contributed by atoms with Gasteiger partial charge in [-0.25, -0.2) is 0 Å². The van der Waals surface area contributed by atoms with Gasteiger partial charge in [-0.1, -0.05) is 18.2 Å². The molecule has 0 fully saturated rings. The number of ether oxygens (including phenoxy) is 2. The average molecular weight is 324 g/mol. The fourth-order valence-electron chi connectivity index (χ4n) is 1.70. The van der Waals surface area contributed by atoms with Gasteiger partial charge in [0, 0.05) is 0 Å². The third kappa shape index (κ3) is 1.46. The second-order valence-electron chi connectivity index (χ2n) is 3.67. The van der Waals surface area contributed by atoms with Gasteiger partial charge >= 0.3 is 0 Å². The van der Waals surface area contributed by atoms with E-state index in [1.807, 2.05) is 43.3 Å². The van der Waals surface area contributed by atoms with Crippen molar-refractivity contribution in [2.75, 3.05) is 0 Å². The molecule has 1 aliphatic rings. The molecule has 0 atom stereocenters. The lowest BCUT2D eigenvalue weighted by Crippen LogP contribution is -2.01. The lowest BCUT2D eigenvalue weighted by atomic mass is 10.2. The first-order valence-electron chi connectivity index (χ1n) is 4.99. The summed E-state index contributed by atoms with van der Waals surface area (Å²) in [6, 6.07) is 11.8. The van der Waals surface area contributed by atoms with Crippen LogP contribution in [0.15, 0.2) is 36.4 Å². The third-order valence-corrected chi connectivity index (χ3v) is 3.38. The summed E-state index contributed by atoms with van der Waals surface area (Å²) in [6.45, 7) is 2.02. The van der Waals surface area contributed by atoms with E-state index in [0.717, 1.165) is 32.1 Å². The van der Waals surface area contributed by atoms with Crippen LogP contribution in [-0.2, 0) is 0 Å². The highest BCUT2D eigenvalue weighted by Crippen LogP contribution is 2.48. The number of aryl methyl sites for hydroxylation is 1. The van der Waals surface area contributed by atoms with Gasteiger partial charge in [0.05, 0.1) is 3.57 Å². The summed E-state index contributed by atoms with van der Waals surface area (Å²) in [5, 5.41) is 0. The third-order valence-electron chi connectivity index (χ3n) is 2.53. The summed E-state index contributed by atoms with van der Waals surface area (Å²) in [7, 11) is 0. The van der Waals surface area contributed by atoms with E-state index in [4.69, 9.17) is 9.47 Å². The molecule has 16 heavy (non-hydrogen) atoms. The lowest BCUT2D eigenvalue weighted by molar-refractivity contribution is 0.355. The van der Waals surface area contributed by atoms with Gasteiger partial charge in [0.1, 0.15) is 0 Å². The molecule has 1 heterocycles. The van der Waals surface area contributed by atoms with Gasteiger partial charge in [-0.15, -0.1) is 0 Å². The first kappa shape index (κ1) is 9.96. The van der Waals surface area contributed by atoms with Crippen molar-refractivity contribution in [2.24, 2.45) is 0 Å². The Balaban J connectivity index is 2.19. The maximum atomic E-state index is 5.86. The zero-order chi connectivity index (χ0) is 11.1. The fraction of sp³-hybridized carbons (Fsp3) is 0.0769. The van der Waals surface area contributed by atoms with Gasteiger partial charge in [-0.05, 0) is 53.3 Å². The molecule has 0 amide bonds. The SMILES string of the molecule is Cc1ccc(I)c2c1Oc1ccccc1O2. The Morgan fingerprint density at radius 1 is 0.875 bits per heavy atom. The van der Waals surface area contributed by atoms with Gasteiger partial charge < -0.3 is 9.47 Å². The van der Waals surface area contributed by atoms with E-state index in [2.05, 4.69) is 22.6 Å². The molecule has 0 unspecified atom stereocenters. The van der Waals surface area contributed by atoms with E-state index < -0.39 is 0 Å². The molecule has 0 saturated carbocycles. The van der Waals surface area contributed by atoms with Crippen LogP contribution in [0.5, 0.6) is 23.0 Å². The van der Waals surface area contributed by atoms with Gasteiger partial charge in [0.25, 0.3) is 0 Å². The molecule has 3 heteroatoms. The van der Waals surface area contributed by atoms with E-state index >= 15 is 0 Å². The van der Waals surface area contributed by atoms with Crippen molar-refractivity contribution < 1.29 is 9.47 Å². The molecule has 0 N–H and O–H groups in total. The summed E-state index contributed by atoms with van der Waals surface area (Å²) in [5.41, 5.74) is 1.09. The topological polar surface area (TPSA) is 18.5 Å². The van der Waals surface area contributed by atoms with Crippen molar-refractivity contribution >= 4 is 22.6 Å². The number of rotatable bonds is 0. The summed E-state index contributed by atoms with van der Waals surface area (Å²) in [6.07, 6.45) is 0. The predicted molar refractivity (Wildman–Crippen MR) is 70.5 cm³/mol. The molecular formula is C13H9IO2. The van der Waals surface area contributed by atoms with Crippen LogP contribution in [-0.4, -0.2) is 0 Å². The van der Waals surface area contributed by atoms with Crippen molar-refractivity contribution in [3.05, 3.63) is 45.5 Å². The van der Waals surface area contributed by atoms with E-state index in [-0.39, 0.29) is 0 Å². The van der Waals surface area contributed by atoms with Crippen molar-refractivity contribution in [2.45, 2.75) is 6.92 Å². The van der Waals surface area contributed by atoms with Crippen LogP contribution >= 0.6 is 22.6 Å². The Bertz CT molecular complexity index is 514. The highest BCUT2D eigenvalue weighted by molar-refractivity contribution is 14.1. The molecule has 1 aliphatic heterocycles. The van der Waals surface area contributed by atoms with Gasteiger partial charge in [-0.2, -0.15) is 0 Å². The van der Waals surface area contributed by atoms with Crippen molar-refractivity contribution in [1.82, 2.24) is 0 Å². The van der Waals surface area contributed by atoms with Crippen LogP contribution in [0.1, 0.15) is 5.56 Å². The Morgan fingerprint density at radius 3 is 2.19 bits per heavy atom. The minimum absolute atomic E-state index is 0.776. The molecule has 2 aromatic rings. The lowest BCUT2D eigenvalue weighted by Gasteiger charge is -2.22. The molecule has 0 saturated heterocycles. The molecular weight excluding hydrogens is 315 g/mol. The molecule has 2 nitrogen and oxygen atoms in total. The van der Waals surface area contributed by atoms with Crippen LogP contribution in [0.25, 0.3) is 0 Å². The molecule has 0 bridgehead atoms. The van der Waals surface area contributed by atoms with E-state index in [0.29, 0.717) is 0 Å². The monoisotopic (exact) mass is 324 g/mol. The normalized spacial score (nSPS) is 12.1. The molecule has 3 rings (SSSR count). The number of fused-ring (bicyclic) bond motifs is 2. The van der Waals surface area contributed by atoms with Gasteiger partial charge in [0.15, 0.2) is 23.0 Å². The largest absolute Gasteiger partial charge is 0.449 e. The zero-order valence-corrected chi connectivity index (χ0v) is 10.8. The highest BCUT2D eigenvalue weighted by Gasteiger charge is 2.21. The Morgan fingerprint density at radius 2 is 1.50 bits per heavy atom. The predicted octanol–water partition coefficient (Wildman–Crippen LogP) is 4.50. The first-order chi connectivity index (χ1) is 7.75. The summed E-state index contributed by atoms with van der Waals surface area (Å²) < 4.78 is 12.8. The van der Waals surface area contributed by atoms with Crippen molar-refractivity contribution in [3.63, 3.8) is 0 Å². The molecule has 0 radical (unpaired) electrons. The summed E-state index contributed by atoms with van der Waals surface area (Å²) >= 11 is 2.25. The number of hydrogen-bond donors (Lipinski definition) is 0. The maximum absolute atomic E-state index is 5.86. The van der Waals surface area contributed by atoms with Crippen LogP contribution < -0.4 is 9.47 Å². The fourth-order valence-corrected chi connectivity index (χ4v) is 2.23. The Hall–Kier alpha value is -1.23. The molecule has 0 aromatic heterocycles. The van der Waals surface area contributed by atoms with Gasteiger partial charge in [-0.3, -0.25) is 0 Å². The molecule has 0 spiro atoms. The van der Waals surface area contributed by atoms with E-state index in [1.54, 1.807) is 0 Å². The highest BCUT2D eigenvalue weighted by atomic mass is 127. The second kappa shape index (κ2) is 3.66. The number of halogens is 1. The quantitative estimate of drug-likeness (QED) is 0.567. The smallest absolute Gasteiger partial charge is 0.183 e. The minimum Gasteiger partial charge on any atom is -0.449 e. The van der Waals surface area contributed by atoms with E-state index in [9.17, 15) is 0 Å². The van der Waals surface area contributed by atoms with E-state index in [1.165, 1.54) is 0 Å².